The van der Waals surface area contributed by atoms with Gasteiger partial charge < -0.3 is 50.6 Å². The van der Waals surface area contributed by atoms with Crippen LogP contribution >= 0.6 is 0 Å². The Morgan fingerprint density at radius 1 is 0.507 bits per heavy atom. The smallest absolute Gasteiger partial charge is 0.407 e. The van der Waals surface area contributed by atoms with Crippen molar-refractivity contribution in [2.45, 2.75) is 220 Å². The number of azide groups is 1. The zero-order valence-corrected chi connectivity index (χ0v) is 46.5. The lowest BCUT2D eigenvalue weighted by atomic mass is 9.81. The number of alkyl carbamates (subject to hydrolysis) is 4. The third kappa shape index (κ3) is 34.1. The number of carboxylic acids is 1. The fraction of sp³-hybridized carbons (Fsp3) is 0.865. The van der Waals surface area contributed by atoms with Crippen molar-refractivity contribution in [3.05, 3.63) is 10.4 Å². The minimum atomic E-state index is -0.700. The predicted molar refractivity (Wildman–Crippen MR) is 278 cm³/mol. The van der Waals surface area contributed by atoms with Crippen molar-refractivity contribution >= 4 is 42.3 Å². The molecule has 0 aliphatic heterocycles. The van der Waals surface area contributed by atoms with Crippen molar-refractivity contribution in [2.75, 3.05) is 33.2 Å². The van der Waals surface area contributed by atoms with Gasteiger partial charge in [0.1, 0.15) is 22.4 Å². The van der Waals surface area contributed by atoms with Crippen molar-refractivity contribution in [2.24, 2.45) is 45.6 Å². The van der Waals surface area contributed by atoms with Crippen LogP contribution in [-0.4, -0.2) is 115 Å². The van der Waals surface area contributed by atoms with E-state index in [-0.39, 0.29) is 36.0 Å². The van der Waals surface area contributed by atoms with Gasteiger partial charge in [0, 0.05) is 43.1 Å². The number of carbonyl (C=O) groups is 6. The van der Waals surface area contributed by atoms with Gasteiger partial charge in [0.05, 0.1) is 12.0 Å². The number of carbonyl (C=O) groups excluding carboxylic acids is 6. The van der Waals surface area contributed by atoms with Crippen LogP contribution in [0.4, 0.5) is 19.2 Å². The zero-order valence-electron chi connectivity index (χ0n) is 46.5. The van der Waals surface area contributed by atoms with E-state index in [4.69, 9.17) is 29.6 Å². The minimum absolute atomic E-state index is 0.125. The molecule has 5 amide bonds. The second kappa shape index (κ2) is 32.9. The lowest BCUT2D eigenvalue weighted by Crippen LogP contribution is -2.38. The molecule has 0 atom stereocenters. The molecule has 0 unspecified atom stereocenters. The van der Waals surface area contributed by atoms with E-state index in [0.29, 0.717) is 75.0 Å². The SMILES string of the molecule is CC(C)(C)OC(=O)NCC1CCC(C(=O)N=[N+]=[N-])CC1.CC(C)(C)OC(=O)NCC1CCC(C(=O)O)CC1.CC(C)(C)OC(=O)NCC1CCC(N=C=O)CC1.CNC1CCC(CNC(=O)OC(C)(C)C)CC1. The highest BCUT2D eigenvalue weighted by molar-refractivity contribution is 5.79. The first-order valence-electron chi connectivity index (χ1n) is 26.3. The van der Waals surface area contributed by atoms with Gasteiger partial charge in [-0.05, 0) is 227 Å². The Hall–Kier alpha value is -5.13. The van der Waals surface area contributed by atoms with Gasteiger partial charge in [0.25, 0.3) is 0 Å². The van der Waals surface area contributed by atoms with Crippen LogP contribution in [0.25, 0.3) is 10.4 Å². The lowest BCUT2D eigenvalue weighted by Gasteiger charge is -2.28. The van der Waals surface area contributed by atoms with Crippen molar-refractivity contribution in [1.29, 1.82) is 0 Å². The topological polar surface area (TPSA) is 298 Å². The van der Waals surface area contributed by atoms with Crippen LogP contribution in [0.3, 0.4) is 0 Å². The van der Waals surface area contributed by atoms with Gasteiger partial charge in [-0.15, -0.1) is 0 Å². The molecule has 418 valence electrons. The van der Waals surface area contributed by atoms with Crippen LogP contribution in [0.15, 0.2) is 10.1 Å². The molecule has 4 aliphatic carbocycles. The summed E-state index contributed by atoms with van der Waals surface area (Å²) < 4.78 is 20.7. The average molecular weight is 1040 g/mol. The molecule has 0 heterocycles. The Kier molecular flexibility index (Phi) is 29.7. The molecular formula is C52H93N9O12. The number of nitrogens with zero attached hydrogens (tertiary/aromatic N) is 4. The van der Waals surface area contributed by atoms with Gasteiger partial charge in [-0.1, -0.05) is 0 Å². The predicted octanol–water partition coefficient (Wildman–Crippen LogP) is 10.3. The fourth-order valence-electron chi connectivity index (χ4n) is 8.73. The minimum Gasteiger partial charge on any atom is -0.481 e. The molecule has 0 aromatic rings. The molecule has 73 heavy (non-hydrogen) atoms. The van der Waals surface area contributed by atoms with Crippen molar-refractivity contribution in [3.63, 3.8) is 0 Å². The third-order valence-electron chi connectivity index (χ3n) is 12.6. The van der Waals surface area contributed by atoms with E-state index in [0.717, 1.165) is 57.9 Å². The average Bonchev–Trinajstić information content (AvgIpc) is 3.28. The van der Waals surface area contributed by atoms with Crippen molar-refractivity contribution < 1.29 is 57.6 Å². The molecule has 0 saturated heterocycles. The number of isocyanates is 1. The Labute approximate surface area is 435 Å². The van der Waals surface area contributed by atoms with Crippen LogP contribution in [0.2, 0.25) is 0 Å². The summed E-state index contributed by atoms with van der Waals surface area (Å²) in [7, 11) is 2.02. The molecule has 0 aromatic heterocycles. The Bertz CT molecular complexity index is 1730. The first-order chi connectivity index (χ1) is 33.9. The molecule has 6 N–H and O–H groups in total. The van der Waals surface area contributed by atoms with Gasteiger partial charge in [-0.25, -0.2) is 29.0 Å². The second-order valence-electron chi connectivity index (χ2n) is 23.7. The number of aliphatic carboxylic acids is 1. The van der Waals surface area contributed by atoms with Crippen LogP contribution in [0, 0.1) is 35.5 Å². The molecule has 0 radical (unpaired) electrons. The number of nitrogens with one attached hydrogen (secondary N) is 5. The van der Waals surface area contributed by atoms with Crippen LogP contribution in [0.1, 0.15) is 186 Å². The first kappa shape index (κ1) is 65.9. The van der Waals surface area contributed by atoms with Crippen molar-refractivity contribution in [3.8, 4) is 0 Å². The number of rotatable bonds is 12. The van der Waals surface area contributed by atoms with E-state index in [2.05, 4.69) is 41.6 Å². The Morgan fingerprint density at radius 3 is 1.05 bits per heavy atom. The maximum Gasteiger partial charge on any atom is 0.407 e. The van der Waals surface area contributed by atoms with E-state index in [1.54, 1.807) is 6.08 Å². The summed E-state index contributed by atoms with van der Waals surface area (Å²) in [5, 5.41) is 26.5. The molecule has 4 fully saturated rings. The summed E-state index contributed by atoms with van der Waals surface area (Å²) in [4.78, 5) is 84.5. The van der Waals surface area contributed by atoms with Gasteiger partial charge in [-0.2, -0.15) is 0 Å². The number of hydrogen-bond donors (Lipinski definition) is 6. The summed E-state index contributed by atoms with van der Waals surface area (Å²) >= 11 is 0. The lowest BCUT2D eigenvalue weighted by molar-refractivity contribution is -0.143. The van der Waals surface area contributed by atoms with Crippen LogP contribution in [0.5, 0.6) is 0 Å². The number of ether oxygens (including phenoxy) is 4. The van der Waals surface area contributed by atoms with Gasteiger partial charge in [0.15, 0.2) is 0 Å². The fourth-order valence-corrected chi connectivity index (χ4v) is 8.73. The molecule has 0 bridgehead atoms. The largest absolute Gasteiger partial charge is 0.481 e. The summed E-state index contributed by atoms with van der Waals surface area (Å²) in [6, 6.07) is 0.785. The zero-order chi connectivity index (χ0) is 55.4. The number of hydrogen-bond acceptors (Lipinski definition) is 13. The molecule has 4 rings (SSSR count). The molecule has 4 aliphatic rings. The molecule has 4 saturated carbocycles. The second-order valence-corrected chi connectivity index (χ2v) is 23.7. The molecule has 21 heteroatoms. The normalized spacial score (nSPS) is 24.0. The van der Waals surface area contributed by atoms with Crippen LogP contribution in [-0.2, 0) is 33.3 Å². The van der Waals surface area contributed by atoms with E-state index in [1.165, 1.54) is 25.7 Å². The third-order valence-corrected chi connectivity index (χ3v) is 12.6. The molecule has 0 spiro atoms. The standard InChI is InChI=1S/C13H22N4O3.C13H22N2O3.C13H26N2O2.C13H23NO4/c1-13(2,3)20-12(19)15-8-9-4-6-10(7-5-9)11(18)16-17-14;1-13(2,3)18-12(17)14-8-10-4-6-11(7-5-10)15-9-16;1-13(2,3)17-12(16)15-9-10-5-7-11(14-4)8-6-10;1-13(2,3)18-12(17)14-8-9-4-6-10(7-5-9)11(15)16/h9-10H,4-8H2,1-3H3,(H,15,19);10-11H,4-8H2,1-3H3,(H,14,17);10-11,14H,5-9H2,1-4H3,(H,15,16);9-10H,4-8H2,1-3H3,(H,14,17)(H,15,16). The molecule has 21 nitrogen and oxygen atoms in total. The highest BCUT2D eigenvalue weighted by Gasteiger charge is 2.29. The Morgan fingerprint density at radius 2 is 0.795 bits per heavy atom. The highest BCUT2D eigenvalue weighted by Crippen LogP contribution is 2.31. The van der Waals surface area contributed by atoms with Crippen LogP contribution < -0.4 is 26.6 Å². The van der Waals surface area contributed by atoms with Gasteiger partial charge >= 0.3 is 30.3 Å². The van der Waals surface area contributed by atoms with Crippen molar-refractivity contribution in [1.82, 2.24) is 26.6 Å². The molecule has 0 aromatic carbocycles. The van der Waals surface area contributed by atoms with Gasteiger partial charge in [-0.3, -0.25) is 9.59 Å². The molecular weight excluding hydrogens is 943 g/mol. The number of amides is 5. The van der Waals surface area contributed by atoms with Gasteiger partial charge in [0.2, 0.25) is 12.0 Å². The number of aliphatic imine (C=N–C) groups is 1. The first-order valence-corrected chi connectivity index (χ1v) is 26.3. The maximum atomic E-state index is 11.5. The van der Waals surface area contributed by atoms with E-state index < -0.39 is 40.6 Å². The van der Waals surface area contributed by atoms with E-state index in [9.17, 15) is 33.6 Å². The summed E-state index contributed by atoms with van der Waals surface area (Å²) in [5.41, 5.74) is 6.39. The highest BCUT2D eigenvalue weighted by atomic mass is 16.6. The number of carboxylic acid groups (broad SMARTS) is 1. The van der Waals surface area contributed by atoms with E-state index >= 15 is 0 Å². The Balaban J connectivity index is 0.000000487. The summed E-state index contributed by atoms with van der Waals surface area (Å²) in [6.07, 6.45) is 14.9. The summed E-state index contributed by atoms with van der Waals surface area (Å²) in [6.45, 7) is 24.6. The van der Waals surface area contributed by atoms with E-state index in [1.807, 2.05) is 90.1 Å². The monoisotopic (exact) mass is 1040 g/mol. The quantitative estimate of drug-likeness (QED) is 0.0265. The maximum absolute atomic E-state index is 11.5. The summed E-state index contributed by atoms with van der Waals surface area (Å²) in [5.74, 6) is 0.333.